The van der Waals surface area contributed by atoms with Crippen LogP contribution in [0.2, 0.25) is 0 Å². The molecule has 1 aliphatic rings. The minimum atomic E-state index is 0.111. The van der Waals surface area contributed by atoms with E-state index in [2.05, 4.69) is 24.1 Å². The first-order valence-electron chi connectivity index (χ1n) is 7.13. The molecule has 0 spiro atoms. The minimum absolute atomic E-state index is 0.111. The van der Waals surface area contributed by atoms with Crippen molar-refractivity contribution in [3.8, 4) is 0 Å². The molecule has 0 saturated heterocycles. The Hall–Kier alpha value is -1.58. The van der Waals surface area contributed by atoms with Crippen LogP contribution in [0.4, 0.5) is 5.82 Å². The van der Waals surface area contributed by atoms with E-state index in [1.165, 1.54) is 0 Å². The van der Waals surface area contributed by atoms with Crippen molar-refractivity contribution in [1.29, 1.82) is 0 Å². The molecule has 0 bridgehead atoms. The summed E-state index contributed by atoms with van der Waals surface area (Å²) in [4.78, 5) is 19.0. The van der Waals surface area contributed by atoms with Crippen LogP contribution in [0.25, 0.3) is 0 Å². The van der Waals surface area contributed by atoms with Gasteiger partial charge in [-0.25, -0.2) is 4.98 Å². The molecule has 19 heavy (non-hydrogen) atoms. The number of nitrogens with one attached hydrogen (secondary N) is 1. The lowest BCUT2D eigenvalue weighted by atomic mass is 10.1. The van der Waals surface area contributed by atoms with Gasteiger partial charge in [0.1, 0.15) is 5.82 Å². The average Bonchev–Trinajstić information content (AvgIpc) is 3.20. The molecule has 1 aliphatic carbocycles. The molecule has 1 aromatic heterocycles. The SMILES string of the molecule is CCNc1ncccc1C(=O)N(CC(C)C)C1CC1. The van der Waals surface area contributed by atoms with Crippen molar-refractivity contribution in [2.24, 2.45) is 5.92 Å². The monoisotopic (exact) mass is 261 g/mol. The van der Waals surface area contributed by atoms with Crippen molar-refractivity contribution in [2.75, 3.05) is 18.4 Å². The average molecular weight is 261 g/mol. The van der Waals surface area contributed by atoms with E-state index in [1.807, 2.05) is 24.0 Å². The highest BCUT2D eigenvalue weighted by Crippen LogP contribution is 2.30. The van der Waals surface area contributed by atoms with Crippen LogP contribution in [-0.2, 0) is 0 Å². The van der Waals surface area contributed by atoms with Gasteiger partial charge < -0.3 is 10.2 Å². The van der Waals surface area contributed by atoms with Crippen molar-refractivity contribution in [2.45, 2.75) is 39.7 Å². The zero-order valence-corrected chi connectivity index (χ0v) is 12.0. The highest BCUT2D eigenvalue weighted by molar-refractivity contribution is 5.99. The second kappa shape index (κ2) is 6.04. The zero-order valence-electron chi connectivity index (χ0n) is 12.0. The third kappa shape index (κ3) is 3.46. The van der Waals surface area contributed by atoms with Crippen molar-refractivity contribution in [3.63, 3.8) is 0 Å². The van der Waals surface area contributed by atoms with Gasteiger partial charge in [0.15, 0.2) is 0 Å². The van der Waals surface area contributed by atoms with Gasteiger partial charge in [-0.3, -0.25) is 4.79 Å². The first-order chi connectivity index (χ1) is 9.13. The molecule has 0 unspecified atom stereocenters. The van der Waals surface area contributed by atoms with Crippen LogP contribution in [0.1, 0.15) is 44.0 Å². The normalized spacial score (nSPS) is 14.5. The molecule has 1 fully saturated rings. The van der Waals surface area contributed by atoms with Gasteiger partial charge in [0.25, 0.3) is 5.91 Å². The number of nitrogens with zero attached hydrogens (tertiary/aromatic N) is 2. The molecule has 0 radical (unpaired) electrons. The van der Waals surface area contributed by atoms with E-state index >= 15 is 0 Å². The molecule has 1 heterocycles. The van der Waals surface area contributed by atoms with Gasteiger partial charge in [-0.15, -0.1) is 0 Å². The lowest BCUT2D eigenvalue weighted by Crippen LogP contribution is -2.36. The number of amides is 1. The molecule has 1 amide bonds. The Bertz CT molecular complexity index is 441. The Morgan fingerprint density at radius 2 is 2.26 bits per heavy atom. The molecule has 0 aliphatic heterocycles. The fraction of sp³-hybridized carbons (Fsp3) is 0.600. The van der Waals surface area contributed by atoms with Crippen LogP contribution in [0.15, 0.2) is 18.3 Å². The summed E-state index contributed by atoms with van der Waals surface area (Å²) in [6.45, 7) is 7.90. The molecule has 1 aromatic rings. The third-order valence-corrected chi connectivity index (χ3v) is 3.19. The largest absolute Gasteiger partial charge is 0.370 e. The van der Waals surface area contributed by atoms with Crippen molar-refractivity contribution < 1.29 is 4.79 Å². The summed E-state index contributed by atoms with van der Waals surface area (Å²) in [5.74, 6) is 1.30. The van der Waals surface area contributed by atoms with Gasteiger partial charge in [0.2, 0.25) is 0 Å². The lowest BCUT2D eigenvalue weighted by Gasteiger charge is -2.25. The molecule has 104 valence electrons. The van der Waals surface area contributed by atoms with Gasteiger partial charge >= 0.3 is 0 Å². The summed E-state index contributed by atoms with van der Waals surface area (Å²) >= 11 is 0. The van der Waals surface area contributed by atoms with E-state index in [0.717, 1.165) is 25.9 Å². The number of anilines is 1. The van der Waals surface area contributed by atoms with Crippen LogP contribution in [0.5, 0.6) is 0 Å². The summed E-state index contributed by atoms with van der Waals surface area (Å²) in [5.41, 5.74) is 0.692. The molecule has 4 heteroatoms. The lowest BCUT2D eigenvalue weighted by molar-refractivity contribution is 0.0723. The van der Waals surface area contributed by atoms with Crippen molar-refractivity contribution in [3.05, 3.63) is 23.9 Å². The maximum absolute atomic E-state index is 12.7. The summed E-state index contributed by atoms with van der Waals surface area (Å²) in [7, 11) is 0. The van der Waals surface area contributed by atoms with Crippen LogP contribution >= 0.6 is 0 Å². The Morgan fingerprint density at radius 1 is 1.53 bits per heavy atom. The number of hydrogen-bond acceptors (Lipinski definition) is 3. The molecule has 0 aromatic carbocycles. The van der Waals surface area contributed by atoms with E-state index in [0.29, 0.717) is 23.3 Å². The molecular weight excluding hydrogens is 238 g/mol. The van der Waals surface area contributed by atoms with Gasteiger partial charge in [0.05, 0.1) is 5.56 Å². The fourth-order valence-corrected chi connectivity index (χ4v) is 2.22. The van der Waals surface area contributed by atoms with Crippen molar-refractivity contribution >= 4 is 11.7 Å². The number of carbonyl (C=O) groups is 1. The molecular formula is C15H23N3O. The first-order valence-corrected chi connectivity index (χ1v) is 7.13. The Balaban J connectivity index is 2.21. The Morgan fingerprint density at radius 3 is 2.84 bits per heavy atom. The maximum Gasteiger partial charge on any atom is 0.257 e. The van der Waals surface area contributed by atoms with Crippen LogP contribution < -0.4 is 5.32 Å². The number of aromatic nitrogens is 1. The van der Waals surface area contributed by atoms with E-state index in [1.54, 1.807) is 6.20 Å². The minimum Gasteiger partial charge on any atom is -0.370 e. The molecule has 1 saturated carbocycles. The molecule has 1 N–H and O–H groups in total. The molecule has 4 nitrogen and oxygen atoms in total. The summed E-state index contributed by atoms with van der Waals surface area (Å²) < 4.78 is 0. The van der Waals surface area contributed by atoms with Gasteiger partial charge in [0, 0.05) is 25.3 Å². The quantitative estimate of drug-likeness (QED) is 0.856. The second-order valence-electron chi connectivity index (χ2n) is 5.51. The van der Waals surface area contributed by atoms with Crippen LogP contribution in [0.3, 0.4) is 0 Å². The number of hydrogen-bond donors (Lipinski definition) is 1. The van der Waals surface area contributed by atoms with Crippen LogP contribution in [0, 0.1) is 5.92 Å². The van der Waals surface area contributed by atoms with E-state index in [-0.39, 0.29) is 5.91 Å². The maximum atomic E-state index is 12.7. The summed E-state index contributed by atoms with van der Waals surface area (Å²) in [6.07, 6.45) is 3.99. The summed E-state index contributed by atoms with van der Waals surface area (Å²) in [6, 6.07) is 4.13. The third-order valence-electron chi connectivity index (χ3n) is 3.19. The number of pyridine rings is 1. The van der Waals surface area contributed by atoms with Gasteiger partial charge in [-0.1, -0.05) is 13.8 Å². The van der Waals surface area contributed by atoms with Crippen molar-refractivity contribution in [1.82, 2.24) is 9.88 Å². The highest BCUT2D eigenvalue weighted by atomic mass is 16.2. The first kappa shape index (κ1) is 13.8. The predicted octanol–water partition coefficient (Wildman–Crippen LogP) is 2.77. The number of rotatable bonds is 6. The predicted molar refractivity (Wildman–Crippen MR) is 77.3 cm³/mol. The highest BCUT2D eigenvalue weighted by Gasteiger charge is 2.34. The molecule has 0 atom stereocenters. The van der Waals surface area contributed by atoms with E-state index < -0.39 is 0 Å². The van der Waals surface area contributed by atoms with Gasteiger partial charge in [-0.05, 0) is 37.8 Å². The zero-order chi connectivity index (χ0) is 13.8. The fourth-order valence-electron chi connectivity index (χ4n) is 2.22. The van der Waals surface area contributed by atoms with E-state index in [9.17, 15) is 4.79 Å². The summed E-state index contributed by atoms with van der Waals surface area (Å²) in [5, 5.41) is 3.17. The topological polar surface area (TPSA) is 45.2 Å². The smallest absolute Gasteiger partial charge is 0.257 e. The number of carbonyl (C=O) groups excluding carboxylic acids is 1. The standard InChI is InChI=1S/C15H23N3O/c1-4-16-14-13(6-5-9-17-14)15(19)18(10-11(2)3)12-7-8-12/h5-6,9,11-12H,4,7-8,10H2,1-3H3,(H,16,17). The molecule has 2 rings (SSSR count). The Labute approximate surface area is 115 Å². The van der Waals surface area contributed by atoms with Crippen LogP contribution in [-0.4, -0.2) is 34.9 Å². The van der Waals surface area contributed by atoms with Gasteiger partial charge in [-0.2, -0.15) is 0 Å². The van der Waals surface area contributed by atoms with E-state index in [4.69, 9.17) is 0 Å². The Kier molecular flexibility index (Phi) is 4.40. The second-order valence-corrected chi connectivity index (χ2v) is 5.51.